The van der Waals surface area contributed by atoms with E-state index in [0.29, 0.717) is 12.2 Å². The third-order valence-electron chi connectivity index (χ3n) is 4.78. The van der Waals surface area contributed by atoms with E-state index in [2.05, 4.69) is 5.32 Å². The van der Waals surface area contributed by atoms with Gasteiger partial charge in [0.25, 0.3) is 5.91 Å². The molecule has 162 valence electrons. The van der Waals surface area contributed by atoms with Gasteiger partial charge in [-0.2, -0.15) is 0 Å². The summed E-state index contributed by atoms with van der Waals surface area (Å²) in [5.74, 6) is -0.218. The highest BCUT2D eigenvalue weighted by atomic mass is 19.1. The van der Waals surface area contributed by atoms with E-state index in [9.17, 15) is 14.0 Å². The number of amides is 2. The van der Waals surface area contributed by atoms with Crippen molar-refractivity contribution in [2.45, 2.75) is 59.7 Å². The van der Waals surface area contributed by atoms with Crippen molar-refractivity contribution >= 4 is 11.8 Å². The van der Waals surface area contributed by atoms with Gasteiger partial charge in [-0.25, -0.2) is 4.39 Å². The lowest BCUT2D eigenvalue weighted by molar-refractivity contribution is -0.143. The van der Waals surface area contributed by atoms with Gasteiger partial charge in [0.05, 0.1) is 0 Å². The number of carbonyl (C=O) groups excluding carboxylic acids is 2. The van der Waals surface area contributed by atoms with Gasteiger partial charge in [0.15, 0.2) is 6.61 Å². The Bertz CT molecular complexity index is 865. The molecule has 5 nitrogen and oxygen atoms in total. The normalized spacial score (nSPS) is 11.8. The van der Waals surface area contributed by atoms with Gasteiger partial charge in [0.1, 0.15) is 17.6 Å². The quantitative estimate of drug-likeness (QED) is 0.671. The first-order valence-corrected chi connectivity index (χ1v) is 10.3. The summed E-state index contributed by atoms with van der Waals surface area (Å²) in [6, 6.07) is 11.1. The molecule has 0 spiro atoms. The highest BCUT2D eigenvalue weighted by Crippen LogP contribution is 2.20. The number of ether oxygens (including phenoxy) is 1. The summed E-state index contributed by atoms with van der Waals surface area (Å²) < 4.78 is 19.1. The number of hydrogen-bond donors (Lipinski definition) is 1. The molecule has 0 aromatic heterocycles. The molecule has 0 aliphatic rings. The molecule has 0 aliphatic heterocycles. The number of benzene rings is 2. The van der Waals surface area contributed by atoms with Crippen molar-refractivity contribution in [1.82, 2.24) is 10.2 Å². The number of aryl methyl sites for hydroxylation is 2. The summed E-state index contributed by atoms with van der Waals surface area (Å²) in [6.45, 7) is 9.50. The molecule has 0 bridgehead atoms. The van der Waals surface area contributed by atoms with Crippen LogP contribution in [0.15, 0.2) is 42.5 Å². The standard InChI is InChI=1S/C24H31FN2O3/c1-6-21(24(29)26-16(2)3)27(14-19-9-11-20(25)12-10-19)23(28)15-30-22-13-17(4)7-8-18(22)5/h7-13,16,21H,6,14-15H2,1-5H3,(H,26,29). The Morgan fingerprint density at radius 2 is 1.77 bits per heavy atom. The molecule has 1 N–H and O–H groups in total. The highest BCUT2D eigenvalue weighted by Gasteiger charge is 2.29. The minimum absolute atomic E-state index is 0.0412. The average Bonchev–Trinajstić information content (AvgIpc) is 2.69. The average molecular weight is 415 g/mol. The van der Waals surface area contributed by atoms with Crippen LogP contribution in [0.5, 0.6) is 5.75 Å². The van der Waals surface area contributed by atoms with E-state index in [1.165, 1.54) is 17.0 Å². The molecule has 2 aromatic carbocycles. The fraction of sp³-hybridized carbons (Fsp3) is 0.417. The lowest BCUT2D eigenvalue weighted by atomic mass is 10.1. The summed E-state index contributed by atoms with van der Waals surface area (Å²) in [5, 5.41) is 2.88. The molecule has 6 heteroatoms. The molecule has 0 saturated heterocycles. The van der Waals surface area contributed by atoms with Crippen LogP contribution >= 0.6 is 0 Å². The van der Waals surface area contributed by atoms with Crippen LogP contribution in [0.4, 0.5) is 4.39 Å². The van der Waals surface area contributed by atoms with Gasteiger partial charge in [0.2, 0.25) is 5.91 Å². The van der Waals surface area contributed by atoms with Gasteiger partial charge in [-0.3, -0.25) is 9.59 Å². The summed E-state index contributed by atoms with van der Waals surface area (Å²) >= 11 is 0. The molecule has 0 radical (unpaired) electrons. The van der Waals surface area contributed by atoms with Crippen molar-refractivity contribution < 1.29 is 18.7 Å². The van der Waals surface area contributed by atoms with Crippen LogP contribution in [0.1, 0.15) is 43.9 Å². The van der Waals surface area contributed by atoms with E-state index in [-0.39, 0.29) is 36.8 Å². The first kappa shape index (κ1) is 23.4. The van der Waals surface area contributed by atoms with Crippen LogP contribution in [0.3, 0.4) is 0 Å². The maximum atomic E-state index is 13.3. The number of carbonyl (C=O) groups is 2. The van der Waals surface area contributed by atoms with Crippen molar-refractivity contribution in [1.29, 1.82) is 0 Å². The van der Waals surface area contributed by atoms with E-state index in [1.54, 1.807) is 12.1 Å². The van der Waals surface area contributed by atoms with E-state index >= 15 is 0 Å². The van der Waals surface area contributed by atoms with Gasteiger partial charge in [-0.05, 0) is 69.0 Å². The van der Waals surface area contributed by atoms with Crippen LogP contribution in [0, 0.1) is 19.7 Å². The maximum Gasteiger partial charge on any atom is 0.261 e. The zero-order valence-corrected chi connectivity index (χ0v) is 18.4. The number of nitrogens with one attached hydrogen (secondary N) is 1. The van der Waals surface area contributed by atoms with Crippen LogP contribution in [-0.4, -0.2) is 35.4 Å². The third-order valence-corrected chi connectivity index (χ3v) is 4.78. The Kier molecular flexibility index (Phi) is 8.39. The van der Waals surface area contributed by atoms with Crippen LogP contribution in [0.25, 0.3) is 0 Å². The Hall–Kier alpha value is -2.89. The Morgan fingerprint density at radius 1 is 1.10 bits per heavy atom. The predicted octanol–water partition coefficient (Wildman–Crippen LogP) is 4.15. The molecule has 0 saturated carbocycles. The van der Waals surface area contributed by atoms with Crippen molar-refractivity contribution in [3.63, 3.8) is 0 Å². The molecule has 2 rings (SSSR count). The monoisotopic (exact) mass is 414 g/mol. The zero-order chi connectivity index (χ0) is 22.3. The molecule has 1 unspecified atom stereocenters. The fourth-order valence-corrected chi connectivity index (χ4v) is 3.17. The Labute approximate surface area is 178 Å². The van der Waals surface area contributed by atoms with E-state index in [4.69, 9.17) is 4.74 Å². The Balaban J connectivity index is 2.23. The van der Waals surface area contributed by atoms with Gasteiger partial charge in [-0.15, -0.1) is 0 Å². The summed E-state index contributed by atoms with van der Waals surface area (Å²) in [4.78, 5) is 27.4. The second kappa shape index (κ2) is 10.8. The minimum Gasteiger partial charge on any atom is -0.483 e. The Morgan fingerprint density at radius 3 is 2.37 bits per heavy atom. The van der Waals surface area contributed by atoms with Crippen LogP contribution < -0.4 is 10.1 Å². The molecule has 0 heterocycles. The van der Waals surface area contributed by atoms with Crippen molar-refractivity contribution in [3.8, 4) is 5.75 Å². The number of nitrogens with zero attached hydrogens (tertiary/aromatic N) is 1. The number of halogens is 1. The van der Waals surface area contributed by atoms with Gasteiger partial charge >= 0.3 is 0 Å². The second-order valence-corrected chi connectivity index (χ2v) is 7.79. The second-order valence-electron chi connectivity index (χ2n) is 7.79. The van der Waals surface area contributed by atoms with Crippen molar-refractivity contribution in [3.05, 3.63) is 65.0 Å². The van der Waals surface area contributed by atoms with Crippen molar-refractivity contribution in [2.24, 2.45) is 0 Å². The molecule has 2 aromatic rings. The van der Waals surface area contributed by atoms with E-state index < -0.39 is 6.04 Å². The summed E-state index contributed by atoms with van der Waals surface area (Å²) in [5.41, 5.74) is 2.71. The maximum absolute atomic E-state index is 13.3. The first-order valence-electron chi connectivity index (χ1n) is 10.3. The third kappa shape index (κ3) is 6.58. The number of hydrogen-bond acceptors (Lipinski definition) is 3. The van der Waals surface area contributed by atoms with E-state index in [1.807, 2.05) is 52.8 Å². The molecular weight excluding hydrogens is 383 g/mol. The molecular formula is C24H31FN2O3. The van der Waals surface area contributed by atoms with Gasteiger partial charge < -0.3 is 15.0 Å². The van der Waals surface area contributed by atoms with Crippen LogP contribution in [-0.2, 0) is 16.1 Å². The topological polar surface area (TPSA) is 58.6 Å². The smallest absolute Gasteiger partial charge is 0.261 e. The summed E-state index contributed by atoms with van der Waals surface area (Å²) in [7, 11) is 0. The fourth-order valence-electron chi connectivity index (χ4n) is 3.17. The van der Waals surface area contributed by atoms with Gasteiger partial charge in [-0.1, -0.05) is 31.2 Å². The predicted molar refractivity (Wildman–Crippen MR) is 116 cm³/mol. The minimum atomic E-state index is -0.646. The summed E-state index contributed by atoms with van der Waals surface area (Å²) in [6.07, 6.45) is 0.453. The van der Waals surface area contributed by atoms with Crippen molar-refractivity contribution in [2.75, 3.05) is 6.61 Å². The zero-order valence-electron chi connectivity index (χ0n) is 18.4. The largest absolute Gasteiger partial charge is 0.483 e. The van der Waals surface area contributed by atoms with Crippen LogP contribution in [0.2, 0.25) is 0 Å². The highest BCUT2D eigenvalue weighted by molar-refractivity contribution is 5.88. The molecule has 0 fully saturated rings. The van der Waals surface area contributed by atoms with Gasteiger partial charge in [0, 0.05) is 12.6 Å². The lowest BCUT2D eigenvalue weighted by Crippen LogP contribution is -2.51. The molecule has 30 heavy (non-hydrogen) atoms. The number of rotatable bonds is 9. The first-order chi connectivity index (χ1) is 14.2. The molecule has 2 amide bonds. The molecule has 0 aliphatic carbocycles. The lowest BCUT2D eigenvalue weighted by Gasteiger charge is -2.31. The SMILES string of the molecule is CCC(C(=O)NC(C)C)N(Cc1ccc(F)cc1)C(=O)COc1cc(C)ccc1C. The van der Waals surface area contributed by atoms with E-state index in [0.717, 1.165) is 16.7 Å². The molecule has 1 atom stereocenters.